The van der Waals surface area contributed by atoms with E-state index in [1.54, 1.807) is 18.0 Å². The number of aryl methyl sites for hydroxylation is 1. The van der Waals surface area contributed by atoms with Crippen molar-refractivity contribution in [2.45, 2.75) is 43.6 Å². The van der Waals surface area contributed by atoms with Crippen LogP contribution in [0.3, 0.4) is 0 Å². The molecule has 3 amide bonds. The zero-order valence-corrected chi connectivity index (χ0v) is 21.9. The number of carbonyl (C=O) groups is 2. The maximum absolute atomic E-state index is 13.5. The number of urea groups is 1. The van der Waals surface area contributed by atoms with Gasteiger partial charge in [0.25, 0.3) is 5.91 Å². The summed E-state index contributed by atoms with van der Waals surface area (Å²) in [5, 5.41) is 9.96. The van der Waals surface area contributed by atoms with Crippen LogP contribution in [0.15, 0.2) is 53.2 Å². The number of aromatic nitrogens is 1. The number of nitrogens with zero attached hydrogens (tertiary/aromatic N) is 3. The molecule has 194 valence electrons. The van der Waals surface area contributed by atoms with Gasteiger partial charge in [0.2, 0.25) is 5.88 Å². The van der Waals surface area contributed by atoms with Crippen LogP contribution in [0.4, 0.5) is 10.5 Å². The summed E-state index contributed by atoms with van der Waals surface area (Å²) in [7, 11) is 2.09. The second-order valence-electron chi connectivity index (χ2n) is 10.2. The highest BCUT2D eigenvalue weighted by molar-refractivity contribution is 8.04. The van der Waals surface area contributed by atoms with E-state index in [-0.39, 0.29) is 35.3 Å². The molecule has 2 aromatic rings. The number of thioether (sulfide) groups is 1. The van der Waals surface area contributed by atoms with Gasteiger partial charge in [0.15, 0.2) is 0 Å². The first-order valence-electron chi connectivity index (χ1n) is 12.9. The second-order valence-corrected chi connectivity index (χ2v) is 11.4. The summed E-state index contributed by atoms with van der Waals surface area (Å²) in [6.07, 6.45) is 4.56. The molecule has 3 saturated heterocycles. The van der Waals surface area contributed by atoms with Gasteiger partial charge in [0, 0.05) is 42.2 Å². The number of benzene rings is 1. The number of likely N-dealkylation sites (N-methyl/N-ethyl adjacent to an activating group) is 1. The Morgan fingerprint density at radius 2 is 2.14 bits per heavy atom. The largest absolute Gasteiger partial charge is 0.439 e. The first-order chi connectivity index (χ1) is 18.0. The fourth-order valence-electron chi connectivity index (χ4n) is 5.93. The summed E-state index contributed by atoms with van der Waals surface area (Å²) in [5.41, 5.74) is 2.56. The van der Waals surface area contributed by atoms with Crippen LogP contribution >= 0.6 is 11.8 Å². The van der Waals surface area contributed by atoms with Crippen LogP contribution < -0.4 is 25.6 Å². The summed E-state index contributed by atoms with van der Waals surface area (Å²) >= 11 is 1.55. The Balaban J connectivity index is 1.24. The summed E-state index contributed by atoms with van der Waals surface area (Å²) in [4.78, 5) is 35.9. The molecule has 4 atom stereocenters. The van der Waals surface area contributed by atoms with E-state index in [9.17, 15) is 9.59 Å². The minimum Gasteiger partial charge on any atom is -0.439 e. The lowest BCUT2D eigenvalue weighted by molar-refractivity contribution is -0.117. The normalized spacial score (nSPS) is 27.5. The van der Waals surface area contributed by atoms with E-state index in [0.717, 1.165) is 55.8 Å². The second kappa shape index (κ2) is 10.00. The standard InChI is InChI=1S/C27H32N6O3S/c1-16-14-18(36-21-7-3-4-11-28-21)8-9-19(16)33-20-10-12-29-26-22(20)23(31-27(33)35)24(37-26)25(34)30-17-6-5-13-32(2)15-17/h3-4,7-9,11,14,17,20,22,26,29H,5-6,10,12-13,15H2,1-2H3,(H,30,34)(H,31,35)/t17-,20?,22?,26?/m1/s1. The molecular formula is C27H32N6O3S. The molecule has 0 spiro atoms. The Morgan fingerprint density at radius 3 is 2.92 bits per heavy atom. The van der Waals surface area contributed by atoms with Crippen molar-refractivity contribution in [2.24, 2.45) is 5.92 Å². The summed E-state index contributed by atoms with van der Waals surface area (Å²) in [6.45, 7) is 4.69. The Bertz CT molecular complexity index is 1240. The number of likely N-dealkylation sites (tertiary alicyclic amines) is 1. The van der Waals surface area contributed by atoms with Crippen molar-refractivity contribution in [2.75, 3.05) is 31.6 Å². The molecule has 37 heavy (non-hydrogen) atoms. The molecule has 0 bridgehead atoms. The monoisotopic (exact) mass is 520 g/mol. The minimum atomic E-state index is -0.191. The zero-order chi connectivity index (χ0) is 25.5. The smallest absolute Gasteiger partial charge is 0.326 e. The number of rotatable bonds is 5. The fraction of sp³-hybridized carbons (Fsp3) is 0.444. The van der Waals surface area contributed by atoms with Crippen molar-refractivity contribution in [1.82, 2.24) is 25.8 Å². The van der Waals surface area contributed by atoms with Gasteiger partial charge in [0.1, 0.15) is 5.75 Å². The number of hydrogen-bond acceptors (Lipinski definition) is 7. The number of hydrogen-bond donors (Lipinski definition) is 3. The van der Waals surface area contributed by atoms with E-state index in [4.69, 9.17) is 4.74 Å². The number of carbonyl (C=O) groups excluding carboxylic acids is 2. The molecule has 1 aromatic heterocycles. The Kier molecular flexibility index (Phi) is 6.56. The number of pyridine rings is 1. The maximum atomic E-state index is 13.5. The van der Waals surface area contributed by atoms with Crippen LogP contribution in [0.2, 0.25) is 0 Å². The molecule has 0 radical (unpaired) electrons. The highest BCUT2D eigenvalue weighted by Crippen LogP contribution is 2.48. The van der Waals surface area contributed by atoms with Crippen LogP contribution in [-0.4, -0.2) is 66.0 Å². The van der Waals surface area contributed by atoms with Gasteiger partial charge in [-0.15, -0.1) is 0 Å². The number of piperidine rings is 2. The average Bonchev–Trinajstić information content (AvgIpc) is 3.25. The highest BCUT2D eigenvalue weighted by atomic mass is 32.2. The lowest BCUT2D eigenvalue weighted by Crippen LogP contribution is -2.62. The van der Waals surface area contributed by atoms with E-state index >= 15 is 0 Å². The van der Waals surface area contributed by atoms with Crippen LogP contribution in [0.25, 0.3) is 0 Å². The van der Waals surface area contributed by atoms with Crippen molar-refractivity contribution in [3.63, 3.8) is 0 Å². The minimum absolute atomic E-state index is 0.0232. The Labute approximate surface area is 221 Å². The highest BCUT2D eigenvalue weighted by Gasteiger charge is 2.52. The third kappa shape index (κ3) is 4.69. The number of nitrogens with one attached hydrogen (secondary N) is 3. The van der Waals surface area contributed by atoms with E-state index in [1.807, 2.05) is 48.2 Å². The molecule has 5 heterocycles. The first-order valence-corrected chi connectivity index (χ1v) is 13.8. The molecule has 1 aromatic carbocycles. The third-order valence-corrected chi connectivity index (χ3v) is 8.95. The third-order valence-electron chi connectivity index (χ3n) is 7.60. The maximum Gasteiger partial charge on any atom is 0.326 e. The molecule has 10 heteroatoms. The number of ether oxygens (including phenoxy) is 1. The van der Waals surface area contributed by atoms with Gasteiger partial charge in [0.05, 0.1) is 16.3 Å². The molecule has 0 aliphatic carbocycles. The van der Waals surface area contributed by atoms with Gasteiger partial charge in [-0.25, -0.2) is 9.78 Å². The summed E-state index contributed by atoms with van der Waals surface area (Å²) in [6, 6.07) is 11.2. The van der Waals surface area contributed by atoms with Crippen molar-refractivity contribution in [3.05, 3.63) is 58.8 Å². The molecule has 4 aliphatic heterocycles. The molecule has 4 aliphatic rings. The molecule has 3 fully saturated rings. The lowest BCUT2D eigenvalue weighted by Gasteiger charge is -2.46. The predicted molar refractivity (Wildman–Crippen MR) is 143 cm³/mol. The molecule has 9 nitrogen and oxygen atoms in total. The summed E-state index contributed by atoms with van der Waals surface area (Å²) in [5.74, 6) is 1.14. The van der Waals surface area contributed by atoms with Crippen molar-refractivity contribution >= 4 is 29.4 Å². The van der Waals surface area contributed by atoms with Crippen LogP contribution in [0.5, 0.6) is 11.6 Å². The van der Waals surface area contributed by atoms with Gasteiger partial charge in [-0.2, -0.15) is 0 Å². The van der Waals surface area contributed by atoms with Crippen molar-refractivity contribution in [1.29, 1.82) is 0 Å². The van der Waals surface area contributed by atoms with Crippen molar-refractivity contribution < 1.29 is 14.3 Å². The first kappa shape index (κ1) is 24.3. The molecule has 3 N–H and O–H groups in total. The molecular weight excluding hydrogens is 488 g/mol. The fourth-order valence-corrected chi connectivity index (χ4v) is 7.33. The van der Waals surface area contributed by atoms with Crippen molar-refractivity contribution in [3.8, 4) is 11.6 Å². The van der Waals surface area contributed by atoms with Crippen LogP contribution in [0.1, 0.15) is 24.8 Å². The summed E-state index contributed by atoms with van der Waals surface area (Å²) < 4.78 is 5.89. The van der Waals surface area contributed by atoms with Gasteiger partial charge in [-0.1, -0.05) is 17.8 Å². The van der Waals surface area contributed by atoms with Gasteiger partial charge < -0.3 is 25.6 Å². The van der Waals surface area contributed by atoms with E-state index in [0.29, 0.717) is 16.5 Å². The van der Waals surface area contributed by atoms with Gasteiger partial charge >= 0.3 is 6.03 Å². The average molecular weight is 521 g/mol. The SMILES string of the molecule is Cc1cc(Oc2ccccn2)ccc1N1C(=O)NC2=C(C(=O)N[C@@H]3CCCN(C)C3)SC3NCCC1C23. The van der Waals surface area contributed by atoms with E-state index in [1.165, 1.54) is 0 Å². The topological polar surface area (TPSA) is 98.8 Å². The molecule has 3 unspecified atom stereocenters. The van der Waals surface area contributed by atoms with E-state index in [2.05, 4.69) is 32.9 Å². The van der Waals surface area contributed by atoms with Crippen LogP contribution in [0, 0.1) is 12.8 Å². The van der Waals surface area contributed by atoms with Gasteiger partial charge in [-0.3, -0.25) is 9.69 Å². The van der Waals surface area contributed by atoms with E-state index < -0.39 is 0 Å². The number of amides is 3. The quantitative estimate of drug-likeness (QED) is 0.557. The lowest BCUT2D eigenvalue weighted by atomic mass is 9.86. The Hall–Kier alpha value is -3.08. The van der Waals surface area contributed by atoms with Gasteiger partial charge in [-0.05, 0) is 76.2 Å². The Morgan fingerprint density at radius 1 is 1.24 bits per heavy atom. The van der Waals surface area contributed by atoms with Crippen LogP contribution in [-0.2, 0) is 4.79 Å². The molecule has 0 saturated carbocycles. The predicted octanol–water partition coefficient (Wildman–Crippen LogP) is 3.18. The number of anilines is 1. The zero-order valence-electron chi connectivity index (χ0n) is 21.1. The molecule has 6 rings (SSSR count).